The monoisotopic (exact) mass is 128 g/mol. The molecule has 0 aliphatic heterocycles. The van der Waals surface area contributed by atoms with E-state index >= 15 is 0 Å². The molecule has 0 radical (unpaired) electrons. The van der Waals surface area contributed by atoms with E-state index in [9.17, 15) is 4.39 Å². The van der Waals surface area contributed by atoms with Crippen molar-refractivity contribution in [2.75, 3.05) is 6.67 Å². The number of aryl methyl sites for hydroxylation is 1. The van der Waals surface area contributed by atoms with Gasteiger partial charge in [-0.3, -0.25) is 9.07 Å². The van der Waals surface area contributed by atoms with Crippen molar-refractivity contribution in [2.24, 2.45) is 0 Å². The van der Waals surface area contributed by atoms with Gasteiger partial charge >= 0.3 is 0 Å². The van der Waals surface area contributed by atoms with Crippen LogP contribution in [0.2, 0.25) is 0 Å². The van der Waals surface area contributed by atoms with Gasteiger partial charge in [0.2, 0.25) is 0 Å². The molecule has 1 rings (SSSR count). The molecular formula is C6H9FN2. The molecule has 0 bridgehead atoms. The molecule has 0 aromatic carbocycles. The number of hydrogen-bond acceptors (Lipinski definition) is 1. The van der Waals surface area contributed by atoms with E-state index in [0.29, 0.717) is 13.0 Å². The molecule has 0 saturated carbocycles. The summed E-state index contributed by atoms with van der Waals surface area (Å²) in [5.41, 5.74) is 0. The molecule has 3 heteroatoms. The highest BCUT2D eigenvalue weighted by Gasteiger charge is 1.87. The average molecular weight is 128 g/mol. The van der Waals surface area contributed by atoms with Gasteiger partial charge in [-0.05, 0) is 12.5 Å². The minimum atomic E-state index is -0.264. The molecule has 0 unspecified atom stereocenters. The number of aromatic nitrogens is 2. The van der Waals surface area contributed by atoms with Gasteiger partial charge in [0, 0.05) is 18.9 Å². The average Bonchev–Trinajstić information content (AvgIpc) is 2.34. The Morgan fingerprint density at radius 2 is 2.44 bits per heavy atom. The second-order valence-corrected chi connectivity index (χ2v) is 1.81. The Hall–Kier alpha value is -0.860. The van der Waals surface area contributed by atoms with Gasteiger partial charge < -0.3 is 0 Å². The molecule has 0 saturated heterocycles. The van der Waals surface area contributed by atoms with Crippen LogP contribution >= 0.6 is 0 Å². The van der Waals surface area contributed by atoms with Gasteiger partial charge in [-0.1, -0.05) is 0 Å². The summed E-state index contributed by atoms with van der Waals surface area (Å²) in [7, 11) is 0. The predicted octanol–water partition coefficient (Wildman–Crippen LogP) is 1.24. The SMILES string of the molecule is FCCCn1cccn1. The Bertz CT molecular complexity index is 148. The third-order valence-corrected chi connectivity index (χ3v) is 1.08. The predicted molar refractivity (Wildman–Crippen MR) is 32.8 cm³/mol. The van der Waals surface area contributed by atoms with E-state index in [2.05, 4.69) is 5.10 Å². The zero-order valence-electron chi connectivity index (χ0n) is 5.13. The summed E-state index contributed by atoms with van der Waals surface area (Å²) in [6.45, 7) is 0.420. The fourth-order valence-electron chi connectivity index (χ4n) is 0.654. The first kappa shape index (κ1) is 6.26. The van der Waals surface area contributed by atoms with Gasteiger partial charge in [0.05, 0.1) is 6.67 Å². The lowest BCUT2D eigenvalue weighted by Gasteiger charge is -1.94. The number of alkyl halides is 1. The summed E-state index contributed by atoms with van der Waals surface area (Å²) in [4.78, 5) is 0. The maximum atomic E-state index is 11.5. The first-order valence-corrected chi connectivity index (χ1v) is 2.97. The van der Waals surface area contributed by atoms with Crippen molar-refractivity contribution in [1.29, 1.82) is 0 Å². The first-order chi connectivity index (χ1) is 4.43. The highest BCUT2D eigenvalue weighted by molar-refractivity contribution is 4.77. The van der Waals surface area contributed by atoms with Crippen LogP contribution in [0.25, 0.3) is 0 Å². The topological polar surface area (TPSA) is 17.8 Å². The third-order valence-electron chi connectivity index (χ3n) is 1.08. The highest BCUT2D eigenvalue weighted by Crippen LogP contribution is 1.88. The van der Waals surface area contributed by atoms with Gasteiger partial charge in [-0.25, -0.2) is 0 Å². The smallest absolute Gasteiger partial charge is 0.0912 e. The Balaban J connectivity index is 2.30. The summed E-state index contributed by atoms with van der Waals surface area (Å²) < 4.78 is 13.3. The van der Waals surface area contributed by atoms with Crippen LogP contribution in [0.15, 0.2) is 18.5 Å². The van der Waals surface area contributed by atoms with Crippen LogP contribution in [0.1, 0.15) is 6.42 Å². The molecule has 0 amide bonds. The van der Waals surface area contributed by atoms with Crippen LogP contribution in [0.5, 0.6) is 0 Å². The van der Waals surface area contributed by atoms with Crippen molar-refractivity contribution in [3.8, 4) is 0 Å². The Morgan fingerprint density at radius 3 is 3.00 bits per heavy atom. The van der Waals surface area contributed by atoms with Gasteiger partial charge in [0.25, 0.3) is 0 Å². The zero-order chi connectivity index (χ0) is 6.53. The minimum Gasteiger partial charge on any atom is -0.273 e. The van der Waals surface area contributed by atoms with Gasteiger partial charge in [0.15, 0.2) is 0 Å². The Labute approximate surface area is 53.3 Å². The highest BCUT2D eigenvalue weighted by atomic mass is 19.1. The second kappa shape index (κ2) is 3.22. The number of nitrogens with zero attached hydrogens (tertiary/aromatic N) is 2. The summed E-state index contributed by atoms with van der Waals surface area (Å²) in [6, 6.07) is 1.83. The van der Waals surface area contributed by atoms with E-state index in [1.165, 1.54) is 0 Å². The second-order valence-electron chi connectivity index (χ2n) is 1.81. The van der Waals surface area contributed by atoms with Crippen molar-refractivity contribution in [1.82, 2.24) is 9.78 Å². The van der Waals surface area contributed by atoms with Crippen molar-refractivity contribution in [3.05, 3.63) is 18.5 Å². The van der Waals surface area contributed by atoms with Crippen LogP contribution in [-0.4, -0.2) is 16.5 Å². The van der Waals surface area contributed by atoms with Crippen molar-refractivity contribution in [3.63, 3.8) is 0 Å². The van der Waals surface area contributed by atoms with Crippen LogP contribution in [-0.2, 0) is 6.54 Å². The number of hydrogen-bond donors (Lipinski definition) is 0. The largest absolute Gasteiger partial charge is 0.273 e. The first-order valence-electron chi connectivity index (χ1n) is 2.97. The van der Waals surface area contributed by atoms with Crippen LogP contribution in [0, 0.1) is 0 Å². The molecule has 1 heterocycles. The molecule has 1 aromatic rings. The maximum absolute atomic E-state index is 11.5. The molecule has 0 N–H and O–H groups in total. The quantitative estimate of drug-likeness (QED) is 0.599. The van der Waals surface area contributed by atoms with Crippen LogP contribution < -0.4 is 0 Å². The Kier molecular flexibility index (Phi) is 2.24. The van der Waals surface area contributed by atoms with E-state index in [-0.39, 0.29) is 6.67 Å². The fraction of sp³-hybridized carbons (Fsp3) is 0.500. The van der Waals surface area contributed by atoms with Gasteiger partial charge in [0.1, 0.15) is 0 Å². The summed E-state index contributed by atoms with van der Waals surface area (Å²) in [5.74, 6) is 0. The van der Waals surface area contributed by atoms with E-state index in [1.54, 1.807) is 10.9 Å². The summed E-state index contributed by atoms with van der Waals surface area (Å²) >= 11 is 0. The number of rotatable bonds is 3. The maximum Gasteiger partial charge on any atom is 0.0912 e. The lowest BCUT2D eigenvalue weighted by atomic mass is 10.5. The van der Waals surface area contributed by atoms with Crippen molar-refractivity contribution >= 4 is 0 Å². The normalized spacial score (nSPS) is 9.89. The van der Waals surface area contributed by atoms with E-state index in [1.807, 2.05) is 12.3 Å². The lowest BCUT2D eigenvalue weighted by molar-refractivity contribution is 0.435. The van der Waals surface area contributed by atoms with Crippen LogP contribution in [0.4, 0.5) is 4.39 Å². The van der Waals surface area contributed by atoms with Crippen molar-refractivity contribution < 1.29 is 4.39 Å². The van der Waals surface area contributed by atoms with E-state index < -0.39 is 0 Å². The molecule has 9 heavy (non-hydrogen) atoms. The summed E-state index contributed by atoms with van der Waals surface area (Å²) in [5, 5.41) is 3.90. The molecule has 2 nitrogen and oxygen atoms in total. The lowest BCUT2D eigenvalue weighted by Crippen LogP contribution is -1.98. The molecule has 0 aliphatic rings. The van der Waals surface area contributed by atoms with E-state index in [4.69, 9.17) is 0 Å². The third kappa shape index (κ3) is 1.83. The van der Waals surface area contributed by atoms with Gasteiger partial charge in [-0.15, -0.1) is 0 Å². The minimum absolute atomic E-state index is 0.264. The molecule has 50 valence electrons. The Morgan fingerprint density at radius 1 is 1.56 bits per heavy atom. The molecule has 0 fully saturated rings. The molecular weight excluding hydrogens is 119 g/mol. The zero-order valence-corrected chi connectivity index (χ0v) is 5.13. The fourth-order valence-corrected chi connectivity index (χ4v) is 0.654. The molecule has 1 aromatic heterocycles. The van der Waals surface area contributed by atoms with Crippen LogP contribution in [0.3, 0.4) is 0 Å². The number of halogens is 1. The molecule has 0 aliphatic carbocycles. The molecule has 0 atom stereocenters. The molecule has 0 spiro atoms. The summed E-state index contributed by atoms with van der Waals surface area (Å²) in [6.07, 6.45) is 4.08. The van der Waals surface area contributed by atoms with Crippen molar-refractivity contribution in [2.45, 2.75) is 13.0 Å². The van der Waals surface area contributed by atoms with E-state index in [0.717, 1.165) is 0 Å². The standard InChI is InChI=1S/C6H9FN2/c7-3-1-5-9-6-2-4-8-9/h2,4,6H,1,3,5H2. The van der Waals surface area contributed by atoms with Gasteiger partial charge in [-0.2, -0.15) is 5.10 Å².